The third kappa shape index (κ3) is 1.34. The average Bonchev–Trinajstić information content (AvgIpc) is 2.60. The largest absolute Gasteiger partial charge is 0.504 e. The Kier molecular flexibility index (Phi) is 2.33. The number of phenols is 1. The molecule has 0 saturated heterocycles. The molecule has 0 unspecified atom stereocenters. The van der Waals surface area contributed by atoms with E-state index in [-0.39, 0.29) is 5.75 Å². The Bertz CT molecular complexity index is 460. The average molecular weight is 208 g/mol. The number of hydrogen-bond donors (Lipinski definition) is 1. The zero-order valence-corrected chi connectivity index (χ0v) is 9.02. The summed E-state index contributed by atoms with van der Waals surface area (Å²) in [5.41, 5.74) is 1.02. The van der Waals surface area contributed by atoms with Crippen LogP contribution in [0.15, 0.2) is 17.5 Å². The molecule has 0 radical (unpaired) electrons. The van der Waals surface area contributed by atoms with E-state index in [4.69, 9.17) is 4.74 Å². The topological polar surface area (TPSA) is 29.5 Å². The molecule has 0 aliphatic carbocycles. The molecule has 0 atom stereocenters. The molecule has 14 heavy (non-hydrogen) atoms. The van der Waals surface area contributed by atoms with Gasteiger partial charge in [-0.25, -0.2) is 0 Å². The summed E-state index contributed by atoms with van der Waals surface area (Å²) < 4.78 is 6.59. The minimum atomic E-state index is 0.232. The van der Waals surface area contributed by atoms with Gasteiger partial charge in [-0.2, -0.15) is 0 Å². The van der Waals surface area contributed by atoms with E-state index in [1.807, 2.05) is 25.3 Å². The van der Waals surface area contributed by atoms with E-state index in [1.54, 1.807) is 17.4 Å². The molecule has 0 aliphatic rings. The number of benzene rings is 1. The van der Waals surface area contributed by atoms with Crippen LogP contribution in [0, 0.1) is 6.92 Å². The Morgan fingerprint density at radius 3 is 3.00 bits per heavy atom. The summed E-state index contributed by atoms with van der Waals surface area (Å²) in [4.78, 5) is 0. The summed E-state index contributed by atoms with van der Waals surface area (Å²) in [6.45, 7) is 4.46. The zero-order chi connectivity index (χ0) is 10.1. The third-order valence-electron chi connectivity index (χ3n) is 2.19. The first-order chi connectivity index (χ1) is 6.74. The van der Waals surface area contributed by atoms with Crippen LogP contribution in [0.2, 0.25) is 0 Å². The van der Waals surface area contributed by atoms with Crippen LogP contribution in [0.5, 0.6) is 11.5 Å². The van der Waals surface area contributed by atoms with Crippen molar-refractivity contribution in [3.63, 3.8) is 0 Å². The molecule has 2 aromatic rings. The summed E-state index contributed by atoms with van der Waals surface area (Å²) in [5, 5.41) is 12.8. The third-order valence-corrected chi connectivity index (χ3v) is 3.24. The van der Waals surface area contributed by atoms with Crippen LogP contribution in [-0.4, -0.2) is 11.7 Å². The van der Waals surface area contributed by atoms with Gasteiger partial charge in [-0.3, -0.25) is 0 Å². The van der Waals surface area contributed by atoms with Gasteiger partial charge in [0.2, 0.25) is 0 Å². The van der Waals surface area contributed by atoms with E-state index < -0.39 is 0 Å². The van der Waals surface area contributed by atoms with Crippen molar-refractivity contribution in [1.29, 1.82) is 0 Å². The van der Waals surface area contributed by atoms with Crippen LogP contribution >= 0.6 is 11.3 Å². The maximum absolute atomic E-state index is 9.72. The van der Waals surface area contributed by atoms with Gasteiger partial charge < -0.3 is 9.84 Å². The van der Waals surface area contributed by atoms with Crippen molar-refractivity contribution in [3.8, 4) is 11.5 Å². The lowest BCUT2D eigenvalue weighted by Gasteiger charge is -2.09. The van der Waals surface area contributed by atoms with Gasteiger partial charge in [0.05, 0.1) is 6.61 Å². The molecule has 1 aromatic heterocycles. The van der Waals surface area contributed by atoms with E-state index in [0.717, 1.165) is 10.9 Å². The highest BCUT2D eigenvalue weighted by atomic mass is 32.1. The van der Waals surface area contributed by atoms with Gasteiger partial charge in [-0.1, -0.05) is 0 Å². The number of aryl methyl sites for hydroxylation is 1. The standard InChI is InChI=1S/C11H12O2S/c1-3-13-10-7(2)11-8(4-5-14-11)6-9(10)12/h4-6,12H,3H2,1-2H3. The maximum atomic E-state index is 9.72. The predicted molar refractivity (Wildman–Crippen MR) is 59.4 cm³/mol. The van der Waals surface area contributed by atoms with Gasteiger partial charge in [-0.15, -0.1) is 11.3 Å². The fraction of sp³-hybridized carbons (Fsp3) is 0.273. The Labute approximate surface area is 86.8 Å². The molecule has 0 aliphatic heterocycles. The van der Waals surface area contributed by atoms with Crippen molar-refractivity contribution in [1.82, 2.24) is 0 Å². The highest BCUT2D eigenvalue weighted by Crippen LogP contribution is 2.38. The molecule has 2 nitrogen and oxygen atoms in total. The first kappa shape index (κ1) is 9.34. The summed E-state index contributed by atoms with van der Waals surface area (Å²) >= 11 is 1.67. The Morgan fingerprint density at radius 2 is 2.29 bits per heavy atom. The molecule has 1 aromatic carbocycles. The van der Waals surface area contributed by atoms with Crippen molar-refractivity contribution >= 4 is 21.4 Å². The van der Waals surface area contributed by atoms with Crippen LogP contribution in [0.25, 0.3) is 10.1 Å². The smallest absolute Gasteiger partial charge is 0.165 e. The Morgan fingerprint density at radius 1 is 1.50 bits per heavy atom. The molecule has 0 bridgehead atoms. The SMILES string of the molecule is CCOc1c(O)cc2ccsc2c1C. The molecular weight excluding hydrogens is 196 g/mol. The molecule has 2 rings (SSSR count). The maximum Gasteiger partial charge on any atom is 0.165 e. The molecule has 74 valence electrons. The first-order valence-corrected chi connectivity index (χ1v) is 5.44. The fourth-order valence-electron chi connectivity index (χ4n) is 1.57. The van der Waals surface area contributed by atoms with E-state index >= 15 is 0 Å². The summed E-state index contributed by atoms with van der Waals surface area (Å²) in [6, 6.07) is 3.76. The second-order valence-corrected chi connectivity index (χ2v) is 4.04. The van der Waals surface area contributed by atoms with Gasteiger partial charge in [0.1, 0.15) is 0 Å². The van der Waals surface area contributed by atoms with Gasteiger partial charge in [0.25, 0.3) is 0 Å². The van der Waals surface area contributed by atoms with Gasteiger partial charge in [0.15, 0.2) is 11.5 Å². The van der Waals surface area contributed by atoms with Crippen molar-refractivity contribution in [2.24, 2.45) is 0 Å². The first-order valence-electron chi connectivity index (χ1n) is 4.56. The molecule has 0 saturated carbocycles. The van der Waals surface area contributed by atoms with Crippen LogP contribution in [0.1, 0.15) is 12.5 Å². The van der Waals surface area contributed by atoms with Crippen LogP contribution in [0.3, 0.4) is 0 Å². The van der Waals surface area contributed by atoms with Gasteiger partial charge >= 0.3 is 0 Å². The van der Waals surface area contributed by atoms with E-state index in [1.165, 1.54) is 4.70 Å². The lowest BCUT2D eigenvalue weighted by Crippen LogP contribution is -1.94. The van der Waals surface area contributed by atoms with Crippen molar-refractivity contribution in [2.45, 2.75) is 13.8 Å². The highest BCUT2D eigenvalue weighted by molar-refractivity contribution is 7.17. The number of thiophene rings is 1. The number of rotatable bonds is 2. The highest BCUT2D eigenvalue weighted by Gasteiger charge is 2.11. The van der Waals surface area contributed by atoms with Gasteiger partial charge in [0, 0.05) is 10.3 Å². The number of ether oxygens (including phenoxy) is 1. The summed E-state index contributed by atoms with van der Waals surface area (Å²) in [5.74, 6) is 0.845. The van der Waals surface area contributed by atoms with Gasteiger partial charge in [-0.05, 0) is 36.7 Å². The van der Waals surface area contributed by atoms with E-state index in [2.05, 4.69) is 0 Å². The molecule has 1 heterocycles. The Hall–Kier alpha value is -1.22. The molecule has 3 heteroatoms. The molecule has 1 N–H and O–H groups in total. The lowest BCUT2D eigenvalue weighted by atomic mass is 10.1. The van der Waals surface area contributed by atoms with Crippen LogP contribution in [-0.2, 0) is 0 Å². The fourth-order valence-corrected chi connectivity index (χ4v) is 2.46. The second-order valence-electron chi connectivity index (χ2n) is 3.12. The molecule has 0 amide bonds. The van der Waals surface area contributed by atoms with Crippen molar-refractivity contribution in [3.05, 3.63) is 23.1 Å². The number of phenolic OH excluding ortho intramolecular Hbond substituents is 1. The summed E-state index contributed by atoms with van der Waals surface area (Å²) in [7, 11) is 0. The van der Waals surface area contributed by atoms with Crippen molar-refractivity contribution in [2.75, 3.05) is 6.61 Å². The second kappa shape index (κ2) is 3.50. The van der Waals surface area contributed by atoms with E-state index in [0.29, 0.717) is 12.4 Å². The zero-order valence-electron chi connectivity index (χ0n) is 8.20. The minimum Gasteiger partial charge on any atom is -0.504 e. The number of aromatic hydroxyl groups is 1. The molecular formula is C11H12O2S. The monoisotopic (exact) mass is 208 g/mol. The predicted octanol–water partition coefficient (Wildman–Crippen LogP) is 3.31. The van der Waals surface area contributed by atoms with Crippen LogP contribution in [0.4, 0.5) is 0 Å². The van der Waals surface area contributed by atoms with Crippen LogP contribution < -0.4 is 4.74 Å². The normalized spacial score (nSPS) is 10.7. The molecule has 0 fully saturated rings. The van der Waals surface area contributed by atoms with E-state index in [9.17, 15) is 5.11 Å². The Balaban J connectivity index is 2.69. The van der Waals surface area contributed by atoms with Crippen molar-refractivity contribution < 1.29 is 9.84 Å². The minimum absolute atomic E-state index is 0.232. The molecule has 0 spiro atoms. The quantitative estimate of drug-likeness (QED) is 0.820. The number of fused-ring (bicyclic) bond motifs is 1. The summed E-state index contributed by atoms with van der Waals surface area (Å²) in [6.07, 6.45) is 0. The lowest BCUT2D eigenvalue weighted by molar-refractivity contribution is 0.316. The number of hydrogen-bond acceptors (Lipinski definition) is 3.